The van der Waals surface area contributed by atoms with E-state index in [1.165, 1.54) is 23.6 Å². The topological polar surface area (TPSA) is 120 Å². The van der Waals surface area contributed by atoms with E-state index in [-0.39, 0.29) is 11.3 Å². The quantitative estimate of drug-likeness (QED) is 0.290. The van der Waals surface area contributed by atoms with Gasteiger partial charge in [-0.05, 0) is 91.8 Å². The normalized spacial score (nSPS) is 20.4. The molecule has 1 amide bonds. The summed E-state index contributed by atoms with van der Waals surface area (Å²) in [7, 11) is 0. The van der Waals surface area contributed by atoms with Crippen molar-refractivity contribution in [3.05, 3.63) is 90.9 Å². The van der Waals surface area contributed by atoms with E-state index in [1.54, 1.807) is 17.1 Å². The maximum Gasteiger partial charge on any atom is 0.245 e. The lowest BCUT2D eigenvalue weighted by Gasteiger charge is -2.48. The van der Waals surface area contributed by atoms with Crippen LogP contribution in [0.1, 0.15) is 42.9 Å². The highest BCUT2D eigenvalue weighted by molar-refractivity contribution is 5.87. The zero-order valence-electron chi connectivity index (χ0n) is 23.9. The number of rotatable bonds is 6. The summed E-state index contributed by atoms with van der Waals surface area (Å²) in [5, 5.41) is 8.35. The largest absolute Gasteiger partial charge is 0.383 e. The van der Waals surface area contributed by atoms with E-state index in [0.717, 1.165) is 61.2 Å². The number of anilines is 1. The lowest BCUT2D eigenvalue weighted by Crippen LogP contribution is -2.57. The van der Waals surface area contributed by atoms with Crippen LogP contribution in [0.25, 0.3) is 34.1 Å². The van der Waals surface area contributed by atoms with Gasteiger partial charge in [0.05, 0.1) is 5.56 Å². The number of carbonyl (C=O) groups excluding carboxylic acids is 1. The lowest BCUT2D eigenvalue weighted by atomic mass is 9.78. The average molecular weight is 572 g/mol. The fourth-order valence-electron chi connectivity index (χ4n) is 7.40. The second kappa shape index (κ2) is 9.88. The molecule has 3 N–H and O–H groups in total. The third-order valence-electron chi connectivity index (χ3n) is 9.45. The number of nitrogen functional groups attached to an aromatic ring is 1. The third kappa shape index (κ3) is 4.32. The first kappa shape index (κ1) is 25.8. The number of nitrogens with one attached hydrogen (secondary N) is 1. The number of amides is 1. The van der Waals surface area contributed by atoms with Crippen LogP contribution < -0.4 is 11.1 Å². The number of nitrogens with zero attached hydrogens (tertiary/aromatic N) is 7. The van der Waals surface area contributed by atoms with Crippen molar-refractivity contribution in [2.24, 2.45) is 5.41 Å². The van der Waals surface area contributed by atoms with E-state index in [4.69, 9.17) is 15.7 Å². The molecule has 43 heavy (non-hydrogen) atoms. The van der Waals surface area contributed by atoms with E-state index in [1.807, 2.05) is 41.4 Å². The Morgan fingerprint density at radius 2 is 2.00 bits per heavy atom. The van der Waals surface area contributed by atoms with Gasteiger partial charge in [-0.15, -0.1) is 0 Å². The fourth-order valence-corrected chi connectivity index (χ4v) is 7.40. The Morgan fingerprint density at radius 1 is 1.09 bits per heavy atom. The first-order valence-electron chi connectivity index (χ1n) is 14.9. The molecule has 4 aromatic heterocycles. The number of likely N-dealkylation sites (tertiary alicyclic amines) is 1. The molecule has 2 atom stereocenters. The van der Waals surface area contributed by atoms with Crippen molar-refractivity contribution in [1.29, 1.82) is 0 Å². The fraction of sp³-hybridized carbons (Fsp3) is 0.303. The van der Waals surface area contributed by atoms with E-state index in [0.29, 0.717) is 29.5 Å². The molecule has 2 unspecified atom stereocenters. The smallest absolute Gasteiger partial charge is 0.245 e. The van der Waals surface area contributed by atoms with Gasteiger partial charge in [0.2, 0.25) is 5.91 Å². The van der Waals surface area contributed by atoms with Crippen LogP contribution >= 0.6 is 0 Å². The molecule has 0 radical (unpaired) electrons. The van der Waals surface area contributed by atoms with E-state index in [2.05, 4.69) is 44.7 Å². The Bertz CT molecular complexity index is 1870. The van der Waals surface area contributed by atoms with Crippen LogP contribution in [0.4, 0.5) is 5.82 Å². The number of carbonyl (C=O) groups is 1. The van der Waals surface area contributed by atoms with E-state index >= 15 is 0 Å². The van der Waals surface area contributed by atoms with Gasteiger partial charge in [-0.2, -0.15) is 5.10 Å². The van der Waals surface area contributed by atoms with Crippen molar-refractivity contribution in [2.75, 3.05) is 18.8 Å². The lowest BCUT2D eigenvalue weighted by molar-refractivity contribution is -0.137. The maximum absolute atomic E-state index is 12.0. The van der Waals surface area contributed by atoms with Gasteiger partial charge in [-0.3, -0.25) is 9.36 Å². The van der Waals surface area contributed by atoms with Gasteiger partial charge in [-0.25, -0.2) is 19.6 Å². The first-order valence-corrected chi connectivity index (χ1v) is 14.9. The molecule has 1 saturated heterocycles. The van der Waals surface area contributed by atoms with Crippen LogP contribution in [0.15, 0.2) is 79.8 Å². The van der Waals surface area contributed by atoms with Gasteiger partial charge in [0.25, 0.3) is 0 Å². The van der Waals surface area contributed by atoms with Crippen molar-refractivity contribution in [3.8, 4) is 22.9 Å². The van der Waals surface area contributed by atoms with Crippen molar-refractivity contribution in [1.82, 2.24) is 39.5 Å². The molecule has 1 saturated carbocycles. The number of fused-ring (bicyclic) bond motifs is 2. The molecule has 5 aromatic rings. The van der Waals surface area contributed by atoms with Gasteiger partial charge >= 0.3 is 0 Å². The molecule has 5 heterocycles. The van der Waals surface area contributed by atoms with E-state index in [9.17, 15) is 4.79 Å². The highest BCUT2D eigenvalue weighted by Crippen LogP contribution is 2.47. The molecule has 10 nitrogen and oxygen atoms in total. The van der Waals surface area contributed by atoms with Gasteiger partial charge < -0.3 is 16.0 Å². The SMILES string of the molecule is C=CC(=O)N1CC2(CCC(NC3CCc4cc(-n5c(-c6cccnc6N)nc6ccc(-n7cccn7)nc65)ccc43)C2)C1. The minimum atomic E-state index is 0.0513. The Morgan fingerprint density at radius 3 is 2.81 bits per heavy atom. The van der Waals surface area contributed by atoms with Crippen LogP contribution in [-0.2, 0) is 11.2 Å². The van der Waals surface area contributed by atoms with Crippen molar-refractivity contribution >= 4 is 22.9 Å². The number of hydrogen-bond acceptors (Lipinski definition) is 7. The number of aromatic nitrogens is 6. The summed E-state index contributed by atoms with van der Waals surface area (Å²) in [5.41, 5.74) is 12.6. The Labute approximate surface area is 249 Å². The zero-order valence-corrected chi connectivity index (χ0v) is 23.9. The van der Waals surface area contributed by atoms with Gasteiger partial charge in [0.15, 0.2) is 17.3 Å². The number of imidazole rings is 1. The Hall–Kier alpha value is -4.83. The summed E-state index contributed by atoms with van der Waals surface area (Å²) >= 11 is 0. The van der Waals surface area contributed by atoms with Crippen LogP contribution in [0.3, 0.4) is 0 Å². The Balaban J connectivity index is 1.11. The number of nitrogens with two attached hydrogens (primary N) is 1. The van der Waals surface area contributed by atoms with Crippen molar-refractivity contribution < 1.29 is 4.79 Å². The van der Waals surface area contributed by atoms with Crippen LogP contribution in [-0.4, -0.2) is 59.2 Å². The highest BCUT2D eigenvalue weighted by Gasteiger charge is 2.49. The third-order valence-corrected chi connectivity index (χ3v) is 9.45. The van der Waals surface area contributed by atoms with Crippen LogP contribution in [0.2, 0.25) is 0 Å². The zero-order chi connectivity index (χ0) is 29.1. The van der Waals surface area contributed by atoms with Crippen molar-refractivity contribution in [3.63, 3.8) is 0 Å². The molecule has 3 aliphatic rings. The summed E-state index contributed by atoms with van der Waals surface area (Å²) in [5.74, 6) is 1.90. The minimum absolute atomic E-state index is 0.0513. The molecule has 0 bridgehead atoms. The number of pyridine rings is 2. The van der Waals surface area contributed by atoms with Crippen molar-refractivity contribution in [2.45, 2.75) is 44.2 Å². The second-order valence-corrected chi connectivity index (χ2v) is 12.1. The first-order chi connectivity index (χ1) is 21.0. The summed E-state index contributed by atoms with van der Waals surface area (Å²) in [6, 6.07) is 17.1. The van der Waals surface area contributed by atoms with E-state index < -0.39 is 0 Å². The predicted molar refractivity (Wildman–Crippen MR) is 165 cm³/mol. The van der Waals surface area contributed by atoms with Gasteiger partial charge in [-0.1, -0.05) is 12.6 Å². The highest BCUT2D eigenvalue weighted by atomic mass is 16.2. The average Bonchev–Trinajstić information content (AvgIpc) is 3.82. The molecule has 1 spiro atoms. The molecule has 216 valence electrons. The molecule has 1 aromatic carbocycles. The molecule has 8 rings (SSSR count). The summed E-state index contributed by atoms with van der Waals surface area (Å²) in [6.45, 7) is 5.36. The second-order valence-electron chi connectivity index (χ2n) is 12.1. The van der Waals surface area contributed by atoms with Gasteiger partial charge in [0, 0.05) is 54.9 Å². The minimum Gasteiger partial charge on any atom is -0.383 e. The summed E-state index contributed by atoms with van der Waals surface area (Å²) in [6.07, 6.45) is 12.3. The summed E-state index contributed by atoms with van der Waals surface area (Å²) in [4.78, 5) is 28.2. The molecular formula is C33H33N9O. The number of hydrogen-bond donors (Lipinski definition) is 2. The molecule has 10 heteroatoms. The molecule has 1 aliphatic heterocycles. The summed E-state index contributed by atoms with van der Waals surface area (Å²) < 4.78 is 3.84. The molecular weight excluding hydrogens is 538 g/mol. The van der Waals surface area contributed by atoms with Gasteiger partial charge in [0.1, 0.15) is 11.3 Å². The maximum atomic E-state index is 12.0. The molecule has 2 fully saturated rings. The van der Waals surface area contributed by atoms with Crippen LogP contribution in [0, 0.1) is 5.41 Å². The standard InChI is InChI=1S/C33H33N9O/c1-2-29(43)40-19-33(20-40)13-12-22(18-33)37-26-9-6-21-17-23(7-8-24(21)26)42-31(25-5-3-14-35-30(25)34)38-27-10-11-28(39-32(27)42)41-16-4-15-36-41/h2-5,7-8,10-11,14-17,22,26,37H,1,6,9,12-13,18-20H2,(H2,34,35). The predicted octanol–water partition coefficient (Wildman–Crippen LogP) is 4.39. The Kier molecular flexibility index (Phi) is 5.94. The molecule has 2 aliphatic carbocycles. The number of benzene rings is 1. The number of aryl methyl sites for hydroxylation is 1. The monoisotopic (exact) mass is 571 g/mol. The van der Waals surface area contributed by atoms with Crippen LogP contribution in [0.5, 0.6) is 0 Å².